The maximum atomic E-state index is 12.9. The van der Waals surface area contributed by atoms with Crippen molar-refractivity contribution in [3.63, 3.8) is 0 Å². The molecule has 9 nitrogen and oxygen atoms in total. The highest BCUT2D eigenvalue weighted by molar-refractivity contribution is 7.47. The zero-order chi connectivity index (χ0) is 70.4. The van der Waals surface area contributed by atoms with Crippen molar-refractivity contribution in [2.24, 2.45) is 0 Å². The number of hydrogen-bond donors (Lipinski definition) is 1. The Morgan fingerprint density at radius 2 is 0.526 bits per heavy atom. The van der Waals surface area contributed by atoms with Gasteiger partial charge in [0.15, 0.2) is 6.10 Å². The van der Waals surface area contributed by atoms with Gasteiger partial charge in [-0.15, -0.1) is 0 Å². The van der Waals surface area contributed by atoms with Crippen LogP contribution >= 0.6 is 7.82 Å². The molecular weight excluding hydrogens is 1220 g/mol. The summed E-state index contributed by atoms with van der Waals surface area (Å²) in [4.78, 5) is 36.0. The smallest absolute Gasteiger partial charge is 0.462 e. The van der Waals surface area contributed by atoms with Crippen LogP contribution in [0.2, 0.25) is 0 Å². The number of quaternary nitrogens is 1. The van der Waals surface area contributed by atoms with E-state index < -0.39 is 26.5 Å². The molecule has 0 aliphatic carbocycles. The summed E-state index contributed by atoms with van der Waals surface area (Å²) in [6.45, 7) is 4.54. The van der Waals surface area contributed by atoms with E-state index in [2.05, 4.69) is 26.0 Å². The van der Waals surface area contributed by atoms with Crippen molar-refractivity contribution in [3.05, 3.63) is 12.2 Å². The summed E-state index contributed by atoms with van der Waals surface area (Å²) < 4.78 is 34.9. The summed E-state index contributed by atoms with van der Waals surface area (Å²) >= 11 is 0. The van der Waals surface area contributed by atoms with E-state index in [1.165, 1.54) is 417 Å². The molecule has 0 radical (unpaired) electrons. The number of hydrogen-bond acceptors (Lipinski definition) is 7. The highest BCUT2D eigenvalue weighted by atomic mass is 31.2. The van der Waals surface area contributed by atoms with Gasteiger partial charge in [0.2, 0.25) is 0 Å². The second-order valence-electron chi connectivity index (χ2n) is 31.6. The Balaban J connectivity index is 3.84. The third-order valence-electron chi connectivity index (χ3n) is 20.5. The fourth-order valence-electron chi connectivity index (χ4n) is 13.8. The summed E-state index contributed by atoms with van der Waals surface area (Å²) in [5.74, 6) is -0.764. The molecule has 0 aliphatic heterocycles. The van der Waals surface area contributed by atoms with Crippen molar-refractivity contribution < 1.29 is 42.1 Å². The van der Waals surface area contributed by atoms with Gasteiger partial charge in [0.1, 0.15) is 19.8 Å². The van der Waals surface area contributed by atoms with Crippen LogP contribution in [0.15, 0.2) is 12.2 Å². The minimum Gasteiger partial charge on any atom is -0.462 e. The van der Waals surface area contributed by atoms with Gasteiger partial charge in [0, 0.05) is 12.8 Å². The van der Waals surface area contributed by atoms with E-state index in [1.807, 2.05) is 21.1 Å². The van der Waals surface area contributed by atoms with Gasteiger partial charge >= 0.3 is 19.8 Å². The molecule has 0 spiro atoms. The number of carbonyl (C=O) groups excluding carboxylic acids is 2. The van der Waals surface area contributed by atoms with Gasteiger partial charge in [0.25, 0.3) is 0 Å². The van der Waals surface area contributed by atoms with Crippen molar-refractivity contribution in [1.82, 2.24) is 0 Å². The van der Waals surface area contributed by atoms with Crippen molar-refractivity contribution in [2.45, 2.75) is 489 Å². The Morgan fingerprint density at radius 3 is 0.763 bits per heavy atom. The first kappa shape index (κ1) is 95.8. The number of unbranched alkanes of at least 4 members (excludes halogenated alkanes) is 68. The topological polar surface area (TPSA) is 108 Å². The van der Waals surface area contributed by atoms with Gasteiger partial charge in [-0.3, -0.25) is 18.6 Å². The fourth-order valence-corrected chi connectivity index (χ4v) is 14.6. The van der Waals surface area contributed by atoms with E-state index in [0.717, 1.165) is 38.5 Å². The molecule has 0 fully saturated rings. The predicted molar refractivity (Wildman–Crippen MR) is 423 cm³/mol. The highest BCUT2D eigenvalue weighted by Gasteiger charge is 2.27. The lowest BCUT2D eigenvalue weighted by atomic mass is 10.0. The van der Waals surface area contributed by atoms with Gasteiger partial charge in [-0.05, 0) is 38.5 Å². The molecule has 0 saturated heterocycles. The molecule has 0 aromatic heterocycles. The Labute approximate surface area is 607 Å². The Bertz CT molecular complexity index is 1640. The van der Waals surface area contributed by atoms with E-state index >= 15 is 0 Å². The number of likely N-dealkylation sites (N-methyl/N-ethyl adjacent to an activating group) is 1. The third kappa shape index (κ3) is 83.6. The molecule has 1 N–H and O–H groups in total. The zero-order valence-corrected chi connectivity index (χ0v) is 67.3. The van der Waals surface area contributed by atoms with Crippen LogP contribution in [-0.2, 0) is 32.7 Å². The van der Waals surface area contributed by atoms with Gasteiger partial charge < -0.3 is 18.9 Å². The van der Waals surface area contributed by atoms with Gasteiger partial charge in [-0.1, -0.05) is 443 Å². The molecule has 0 bridgehead atoms. The molecule has 0 amide bonds. The van der Waals surface area contributed by atoms with E-state index in [0.29, 0.717) is 17.4 Å². The first-order chi connectivity index (χ1) is 47.5. The van der Waals surface area contributed by atoms with Crippen molar-refractivity contribution in [3.8, 4) is 0 Å². The van der Waals surface area contributed by atoms with Crippen LogP contribution in [-0.4, -0.2) is 74.9 Å². The monoisotopic (exact) mass is 1390 g/mol. The largest absolute Gasteiger partial charge is 0.472 e. The molecule has 97 heavy (non-hydrogen) atoms. The zero-order valence-electron chi connectivity index (χ0n) is 66.4. The molecule has 0 rings (SSSR count). The van der Waals surface area contributed by atoms with E-state index in [9.17, 15) is 19.0 Å². The maximum Gasteiger partial charge on any atom is 0.472 e. The molecule has 578 valence electrons. The Hall–Kier alpha value is -1.25. The summed E-state index contributed by atoms with van der Waals surface area (Å²) in [5.41, 5.74) is 0. The van der Waals surface area contributed by atoms with Crippen LogP contribution < -0.4 is 0 Å². The van der Waals surface area contributed by atoms with Gasteiger partial charge in [0.05, 0.1) is 27.7 Å². The molecule has 0 aromatic rings. The van der Waals surface area contributed by atoms with E-state index in [4.69, 9.17) is 18.5 Å². The minimum atomic E-state index is -4.39. The van der Waals surface area contributed by atoms with Crippen LogP contribution in [0, 0.1) is 0 Å². The normalized spacial score (nSPS) is 12.9. The highest BCUT2D eigenvalue weighted by Crippen LogP contribution is 2.43. The predicted octanol–water partition coefficient (Wildman–Crippen LogP) is 29.4. The molecule has 0 aromatic carbocycles. The number of rotatable bonds is 84. The Morgan fingerprint density at radius 1 is 0.309 bits per heavy atom. The standard InChI is InChI=1S/C87H172NO8P/c1-6-8-10-12-14-16-18-20-22-24-26-28-30-32-34-36-38-40-42-43-44-45-46-48-50-52-54-56-58-60-62-64-66-68-70-72-74-76-78-80-87(90)96-85(84-95-97(91,92)94-82-81-88(3,4)5)83-93-86(89)79-77-75-73-71-69-67-65-63-61-59-57-55-53-51-49-47-41-39-37-35-33-31-29-27-25-23-21-19-17-15-13-11-9-7-2/h24,26,85H,6-23,25,27-84H2,1-5H3/p+1/b26-24-. The first-order valence-corrected chi connectivity index (χ1v) is 45.4. The second kappa shape index (κ2) is 78.9. The fraction of sp³-hybridized carbons (Fsp3) is 0.954. The summed E-state index contributed by atoms with van der Waals surface area (Å²) in [6, 6.07) is 0. The SMILES string of the molecule is CCCCCCCCCC/C=C\CCCCCCCCCCCCCCCCCCCCCCCCCCCCCC(=O)OC(COC(=O)CCCCCCCCCCCCCCCCCCCCCCCCCCCCCCCCCCCC)COP(=O)(O)OCC[N+](C)(C)C. The third-order valence-corrected chi connectivity index (χ3v) is 21.5. The van der Waals surface area contributed by atoms with E-state index in [1.54, 1.807) is 0 Å². The number of phosphoric acid groups is 1. The van der Waals surface area contributed by atoms with E-state index in [-0.39, 0.29) is 25.6 Å². The van der Waals surface area contributed by atoms with Crippen LogP contribution in [0.4, 0.5) is 0 Å². The molecule has 2 unspecified atom stereocenters. The van der Waals surface area contributed by atoms with Crippen LogP contribution in [0.1, 0.15) is 483 Å². The maximum absolute atomic E-state index is 12.9. The lowest BCUT2D eigenvalue weighted by molar-refractivity contribution is -0.870. The summed E-state index contributed by atoms with van der Waals surface area (Å²) in [7, 11) is 1.51. The number of carbonyl (C=O) groups is 2. The van der Waals surface area contributed by atoms with Crippen molar-refractivity contribution in [2.75, 3.05) is 47.5 Å². The van der Waals surface area contributed by atoms with Gasteiger partial charge in [-0.2, -0.15) is 0 Å². The van der Waals surface area contributed by atoms with Crippen molar-refractivity contribution >= 4 is 19.8 Å². The number of phosphoric ester groups is 1. The van der Waals surface area contributed by atoms with Gasteiger partial charge in [-0.25, -0.2) is 4.57 Å². The number of allylic oxidation sites excluding steroid dienone is 2. The quantitative estimate of drug-likeness (QED) is 0.0211. The van der Waals surface area contributed by atoms with Crippen LogP contribution in [0.25, 0.3) is 0 Å². The molecule has 0 saturated carbocycles. The van der Waals surface area contributed by atoms with Crippen molar-refractivity contribution in [1.29, 1.82) is 0 Å². The first-order valence-electron chi connectivity index (χ1n) is 43.9. The molecular formula is C87H173NO8P+. The second-order valence-corrected chi connectivity index (χ2v) is 33.1. The van der Waals surface area contributed by atoms with Crippen LogP contribution in [0.3, 0.4) is 0 Å². The molecule has 0 heterocycles. The average Bonchev–Trinajstić information content (AvgIpc) is 1.69. The average molecular weight is 1390 g/mol. The Kier molecular flexibility index (Phi) is 77.9. The number of esters is 2. The number of nitrogens with zero attached hydrogens (tertiary/aromatic N) is 1. The minimum absolute atomic E-state index is 0.0373. The molecule has 10 heteroatoms. The molecule has 2 atom stereocenters. The summed E-state index contributed by atoms with van der Waals surface area (Å²) in [6.07, 6.45) is 101. The number of ether oxygens (including phenoxy) is 2. The van der Waals surface area contributed by atoms with Crippen LogP contribution in [0.5, 0.6) is 0 Å². The lowest BCUT2D eigenvalue weighted by Crippen LogP contribution is -2.37. The lowest BCUT2D eigenvalue weighted by Gasteiger charge is -2.24. The molecule has 0 aliphatic rings. The summed E-state index contributed by atoms with van der Waals surface area (Å²) in [5, 5.41) is 0.